The average molecular weight is 313 g/mol. The number of hydrogen-bond donors (Lipinski definition) is 2. The van der Waals surface area contributed by atoms with Crippen molar-refractivity contribution in [1.82, 2.24) is 15.1 Å². The van der Waals surface area contributed by atoms with Gasteiger partial charge >= 0.3 is 5.97 Å². The van der Waals surface area contributed by atoms with Crippen molar-refractivity contribution < 1.29 is 19.5 Å². The molecule has 3 atom stereocenters. The van der Waals surface area contributed by atoms with E-state index in [1.807, 2.05) is 18.7 Å². The smallest absolute Gasteiger partial charge is 0.326 e. The van der Waals surface area contributed by atoms with Crippen LogP contribution >= 0.6 is 0 Å². The minimum absolute atomic E-state index is 0.0412. The third-order valence-corrected chi connectivity index (χ3v) is 4.46. The first-order chi connectivity index (χ1) is 10.3. The molecule has 0 radical (unpaired) electrons. The van der Waals surface area contributed by atoms with Crippen molar-refractivity contribution in [2.45, 2.75) is 46.2 Å². The molecule has 22 heavy (non-hydrogen) atoms. The number of rotatable bonds is 6. The Kier molecular flexibility index (Phi) is 6.80. The molecule has 7 heteroatoms. The summed E-state index contributed by atoms with van der Waals surface area (Å²) < 4.78 is 0. The van der Waals surface area contributed by atoms with Crippen molar-refractivity contribution in [3.63, 3.8) is 0 Å². The second-order valence-electron chi connectivity index (χ2n) is 5.93. The van der Waals surface area contributed by atoms with Gasteiger partial charge in [-0.1, -0.05) is 20.3 Å². The van der Waals surface area contributed by atoms with Gasteiger partial charge in [0, 0.05) is 33.1 Å². The summed E-state index contributed by atoms with van der Waals surface area (Å²) in [5.41, 5.74) is 0. The number of nitrogens with zero attached hydrogens (tertiary/aromatic N) is 2. The predicted octanol–water partition coefficient (Wildman–Crippen LogP) is 0.155. The topological polar surface area (TPSA) is 90.0 Å². The quantitative estimate of drug-likeness (QED) is 0.729. The van der Waals surface area contributed by atoms with E-state index in [1.54, 1.807) is 11.8 Å². The molecule has 126 valence electrons. The predicted molar refractivity (Wildman–Crippen MR) is 82.3 cm³/mol. The van der Waals surface area contributed by atoms with Gasteiger partial charge in [-0.3, -0.25) is 14.5 Å². The van der Waals surface area contributed by atoms with Gasteiger partial charge in [0.15, 0.2) is 0 Å². The number of piperazine rings is 1. The number of amides is 2. The fourth-order valence-corrected chi connectivity index (χ4v) is 2.55. The van der Waals surface area contributed by atoms with Gasteiger partial charge < -0.3 is 15.3 Å². The molecule has 3 unspecified atom stereocenters. The van der Waals surface area contributed by atoms with E-state index >= 15 is 0 Å². The van der Waals surface area contributed by atoms with Gasteiger partial charge in [-0.25, -0.2) is 4.79 Å². The summed E-state index contributed by atoms with van der Waals surface area (Å²) >= 11 is 0. The van der Waals surface area contributed by atoms with Crippen LogP contribution in [0.4, 0.5) is 0 Å². The van der Waals surface area contributed by atoms with Crippen LogP contribution in [0.5, 0.6) is 0 Å². The van der Waals surface area contributed by atoms with Crippen molar-refractivity contribution in [3.05, 3.63) is 0 Å². The molecule has 0 aliphatic carbocycles. The maximum absolute atomic E-state index is 12.3. The highest BCUT2D eigenvalue weighted by molar-refractivity contribution is 5.86. The van der Waals surface area contributed by atoms with Crippen LogP contribution in [0.1, 0.15) is 34.1 Å². The van der Waals surface area contributed by atoms with Gasteiger partial charge in [-0.05, 0) is 12.8 Å². The zero-order valence-electron chi connectivity index (χ0n) is 13.8. The SMILES string of the molecule is CCC(C)C(NC(=O)C(C)N1CCN(C(C)=O)CC1)C(=O)O. The van der Waals surface area contributed by atoms with E-state index in [1.165, 1.54) is 6.92 Å². The first-order valence-electron chi connectivity index (χ1n) is 7.80. The zero-order chi connectivity index (χ0) is 16.9. The highest BCUT2D eigenvalue weighted by atomic mass is 16.4. The summed E-state index contributed by atoms with van der Waals surface area (Å²) in [5.74, 6) is -1.36. The van der Waals surface area contributed by atoms with E-state index < -0.39 is 18.1 Å². The largest absolute Gasteiger partial charge is 0.480 e. The Bertz CT molecular complexity index is 419. The van der Waals surface area contributed by atoms with Gasteiger partial charge in [-0.15, -0.1) is 0 Å². The van der Waals surface area contributed by atoms with Crippen LogP contribution in [0.3, 0.4) is 0 Å². The van der Waals surface area contributed by atoms with E-state index in [4.69, 9.17) is 0 Å². The van der Waals surface area contributed by atoms with Crippen LogP contribution in [-0.4, -0.2) is 71.0 Å². The molecule has 1 saturated heterocycles. The molecule has 0 spiro atoms. The Balaban J connectivity index is 2.58. The average Bonchev–Trinajstić information content (AvgIpc) is 2.50. The number of aliphatic carboxylic acids is 1. The number of hydrogen-bond acceptors (Lipinski definition) is 4. The molecule has 0 aromatic carbocycles. The first-order valence-corrected chi connectivity index (χ1v) is 7.80. The molecule has 0 bridgehead atoms. The number of carboxylic acid groups (broad SMARTS) is 1. The molecular weight excluding hydrogens is 286 g/mol. The maximum atomic E-state index is 12.3. The maximum Gasteiger partial charge on any atom is 0.326 e. The van der Waals surface area contributed by atoms with Gasteiger partial charge in [0.25, 0.3) is 0 Å². The second kappa shape index (κ2) is 8.12. The molecule has 1 heterocycles. The Hall–Kier alpha value is -1.63. The lowest BCUT2D eigenvalue weighted by Gasteiger charge is -2.37. The molecule has 0 aromatic rings. The van der Waals surface area contributed by atoms with E-state index in [0.717, 1.165) is 0 Å². The van der Waals surface area contributed by atoms with Crippen molar-refractivity contribution >= 4 is 17.8 Å². The number of carboxylic acids is 1. The van der Waals surface area contributed by atoms with Crippen LogP contribution in [0.2, 0.25) is 0 Å². The van der Waals surface area contributed by atoms with E-state index in [-0.39, 0.29) is 17.7 Å². The molecule has 0 saturated carbocycles. The standard InChI is InChI=1S/C15H27N3O4/c1-5-10(2)13(15(21)22)16-14(20)11(3)17-6-8-18(9-7-17)12(4)19/h10-11,13H,5-9H2,1-4H3,(H,16,20)(H,21,22). The highest BCUT2D eigenvalue weighted by Crippen LogP contribution is 2.11. The summed E-state index contributed by atoms with van der Waals surface area (Å²) in [7, 11) is 0. The lowest BCUT2D eigenvalue weighted by molar-refractivity contribution is -0.144. The summed E-state index contributed by atoms with van der Waals surface area (Å²) in [6.45, 7) is 9.46. The van der Waals surface area contributed by atoms with Crippen molar-refractivity contribution in [1.29, 1.82) is 0 Å². The van der Waals surface area contributed by atoms with Crippen molar-refractivity contribution in [2.24, 2.45) is 5.92 Å². The summed E-state index contributed by atoms with van der Waals surface area (Å²) in [5, 5.41) is 11.9. The fourth-order valence-electron chi connectivity index (χ4n) is 2.55. The summed E-state index contributed by atoms with van der Waals surface area (Å²) in [6.07, 6.45) is 0.683. The van der Waals surface area contributed by atoms with E-state index in [0.29, 0.717) is 32.6 Å². The van der Waals surface area contributed by atoms with Gasteiger partial charge in [0.05, 0.1) is 6.04 Å². The molecule has 1 aliphatic heterocycles. The normalized spacial score (nSPS) is 20.1. The van der Waals surface area contributed by atoms with Crippen LogP contribution < -0.4 is 5.32 Å². The Labute approximate surface area is 131 Å². The molecular formula is C15H27N3O4. The summed E-state index contributed by atoms with van der Waals surface area (Å²) in [6, 6.07) is -1.27. The Morgan fingerprint density at radius 3 is 2.09 bits per heavy atom. The van der Waals surface area contributed by atoms with E-state index in [2.05, 4.69) is 5.32 Å². The third kappa shape index (κ3) is 4.69. The van der Waals surface area contributed by atoms with Gasteiger partial charge in [0.2, 0.25) is 11.8 Å². The van der Waals surface area contributed by atoms with Crippen LogP contribution in [0.25, 0.3) is 0 Å². The lowest BCUT2D eigenvalue weighted by Crippen LogP contribution is -2.57. The van der Waals surface area contributed by atoms with Gasteiger partial charge in [0.1, 0.15) is 6.04 Å². The first kappa shape index (κ1) is 18.4. The molecule has 1 aliphatic rings. The van der Waals surface area contributed by atoms with Crippen molar-refractivity contribution in [3.8, 4) is 0 Å². The molecule has 0 aromatic heterocycles. The highest BCUT2D eigenvalue weighted by Gasteiger charge is 2.31. The minimum atomic E-state index is -1.00. The zero-order valence-corrected chi connectivity index (χ0v) is 13.8. The molecule has 1 fully saturated rings. The number of carbonyl (C=O) groups is 3. The monoisotopic (exact) mass is 313 g/mol. The molecule has 1 rings (SSSR count). The lowest BCUT2D eigenvalue weighted by atomic mass is 9.99. The fraction of sp³-hybridized carbons (Fsp3) is 0.800. The minimum Gasteiger partial charge on any atom is -0.480 e. The molecule has 2 N–H and O–H groups in total. The van der Waals surface area contributed by atoms with Gasteiger partial charge in [-0.2, -0.15) is 0 Å². The van der Waals surface area contributed by atoms with Crippen molar-refractivity contribution in [2.75, 3.05) is 26.2 Å². The van der Waals surface area contributed by atoms with Crippen LogP contribution in [0.15, 0.2) is 0 Å². The van der Waals surface area contributed by atoms with Crippen LogP contribution in [0, 0.1) is 5.92 Å². The molecule has 2 amide bonds. The number of nitrogens with one attached hydrogen (secondary N) is 1. The Morgan fingerprint density at radius 1 is 1.14 bits per heavy atom. The molecule has 7 nitrogen and oxygen atoms in total. The summed E-state index contributed by atoms with van der Waals surface area (Å²) in [4.78, 5) is 38.6. The number of carbonyl (C=O) groups excluding carboxylic acids is 2. The second-order valence-corrected chi connectivity index (χ2v) is 5.93. The third-order valence-electron chi connectivity index (χ3n) is 4.46. The van der Waals surface area contributed by atoms with E-state index in [9.17, 15) is 19.5 Å². The Morgan fingerprint density at radius 2 is 1.68 bits per heavy atom. The van der Waals surface area contributed by atoms with Crippen LogP contribution in [-0.2, 0) is 14.4 Å².